The summed E-state index contributed by atoms with van der Waals surface area (Å²) in [4.78, 5) is 45.8. The Hall–Kier alpha value is -4.52. The SMILES string of the molecule is C[C@H]1c2ccc(Nc3nc(-c4ccccc4)cs3)c(O)c2C(O)=C2C(=O)C3C(=O)C(C(N)=O)=C(O)[C@@H](N(C)C)C3C(O)C21. The van der Waals surface area contributed by atoms with Gasteiger partial charge in [0.15, 0.2) is 16.7 Å². The number of aliphatic hydroxyl groups excluding tert-OH is 3. The lowest BCUT2D eigenvalue weighted by atomic mass is 9.56. The van der Waals surface area contributed by atoms with Crippen LogP contribution in [0.15, 0.2) is 64.8 Å². The van der Waals surface area contributed by atoms with Crippen LogP contribution < -0.4 is 11.1 Å². The molecule has 1 amide bonds. The molecule has 1 heterocycles. The summed E-state index contributed by atoms with van der Waals surface area (Å²) in [6.07, 6.45) is -1.37. The van der Waals surface area contributed by atoms with Gasteiger partial charge in [0.1, 0.15) is 22.8 Å². The van der Waals surface area contributed by atoms with Crippen LogP contribution in [0.5, 0.6) is 5.75 Å². The van der Waals surface area contributed by atoms with Crippen LogP contribution in [-0.2, 0) is 14.4 Å². The second-order valence-electron chi connectivity index (χ2n) is 11.3. The molecule has 3 aromatic rings. The largest absolute Gasteiger partial charge is 0.510 e. The normalized spacial score (nSPS) is 26.7. The van der Waals surface area contributed by atoms with Gasteiger partial charge < -0.3 is 31.5 Å². The molecule has 11 nitrogen and oxygen atoms in total. The van der Waals surface area contributed by atoms with E-state index in [1.807, 2.05) is 35.7 Å². The topological polar surface area (TPSA) is 186 Å². The fourth-order valence-electron chi connectivity index (χ4n) is 6.90. The van der Waals surface area contributed by atoms with Gasteiger partial charge in [0.2, 0.25) is 0 Å². The molecule has 7 N–H and O–H groups in total. The maximum absolute atomic E-state index is 14.1. The van der Waals surface area contributed by atoms with Crippen LogP contribution in [-0.4, -0.2) is 74.0 Å². The minimum Gasteiger partial charge on any atom is -0.510 e. The van der Waals surface area contributed by atoms with Crippen molar-refractivity contribution in [2.24, 2.45) is 23.5 Å². The first-order chi connectivity index (χ1) is 20.4. The predicted molar refractivity (Wildman–Crippen MR) is 160 cm³/mol. The maximum atomic E-state index is 14.1. The highest BCUT2D eigenvalue weighted by molar-refractivity contribution is 7.14. The highest BCUT2D eigenvalue weighted by Crippen LogP contribution is 2.55. The van der Waals surface area contributed by atoms with Crippen molar-refractivity contribution in [2.75, 3.05) is 19.4 Å². The molecular formula is C31H30N4O7S. The second kappa shape index (κ2) is 10.3. The number of anilines is 2. The molecule has 43 heavy (non-hydrogen) atoms. The molecule has 0 saturated heterocycles. The van der Waals surface area contributed by atoms with Crippen LogP contribution in [0, 0.1) is 17.8 Å². The van der Waals surface area contributed by atoms with E-state index >= 15 is 0 Å². The van der Waals surface area contributed by atoms with Gasteiger partial charge in [-0.3, -0.25) is 19.3 Å². The summed E-state index contributed by atoms with van der Waals surface area (Å²) in [5, 5.41) is 51.0. The molecule has 1 aromatic heterocycles. The minimum absolute atomic E-state index is 0.00326. The molecule has 6 rings (SSSR count). The minimum atomic E-state index is -1.57. The van der Waals surface area contributed by atoms with E-state index < -0.39 is 70.4 Å². The van der Waals surface area contributed by atoms with E-state index in [1.165, 1.54) is 16.2 Å². The zero-order valence-corrected chi connectivity index (χ0v) is 24.3. The quantitative estimate of drug-likeness (QED) is 0.144. The van der Waals surface area contributed by atoms with Crippen molar-refractivity contribution in [2.45, 2.75) is 25.0 Å². The Morgan fingerprint density at radius 2 is 1.74 bits per heavy atom. The van der Waals surface area contributed by atoms with Crippen molar-refractivity contribution < 1.29 is 34.8 Å². The molecule has 2 aromatic carbocycles. The lowest BCUT2D eigenvalue weighted by Gasteiger charge is -2.50. The molecule has 3 aliphatic carbocycles. The number of hydrogen-bond acceptors (Lipinski definition) is 11. The third-order valence-electron chi connectivity index (χ3n) is 8.81. The van der Waals surface area contributed by atoms with Gasteiger partial charge in [0, 0.05) is 28.4 Å². The fraction of sp³-hybridized carbons (Fsp3) is 0.290. The summed E-state index contributed by atoms with van der Waals surface area (Å²) in [6.45, 7) is 1.76. The number of nitrogens with two attached hydrogens (primary N) is 1. The number of phenols is 1. The average molecular weight is 603 g/mol. The van der Waals surface area contributed by atoms with Gasteiger partial charge in [-0.1, -0.05) is 43.3 Å². The maximum Gasteiger partial charge on any atom is 0.255 e. The molecule has 0 radical (unpaired) electrons. The third kappa shape index (κ3) is 4.24. The number of ketones is 2. The Balaban J connectivity index is 1.43. The van der Waals surface area contributed by atoms with Crippen molar-refractivity contribution in [1.82, 2.24) is 9.88 Å². The highest BCUT2D eigenvalue weighted by atomic mass is 32.1. The first-order valence-electron chi connectivity index (χ1n) is 13.7. The number of fused-ring (bicyclic) bond motifs is 3. The Morgan fingerprint density at radius 1 is 1.05 bits per heavy atom. The molecule has 12 heteroatoms. The van der Waals surface area contributed by atoms with Crippen LogP contribution in [0.4, 0.5) is 10.8 Å². The van der Waals surface area contributed by atoms with Crippen LogP contribution in [0.3, 0.4) is 0 Å². The van der Waals surface area contributed by atoms with Gasteiger partial charge in [-0.25, -0.2) is 4.98 Å². The van der Waals surface area contributed by atoms with Crippen LogP contribution >= 0.6 is 11.3 Å². The van der Waals surface area contributed by atoms with Crippen LogP contribution in [0.2, 0.25) is 0 Å². The van der Waals surface area contributed by atoms with Gasteiger partial charge in [-0.15, -0.1) is 11.3 Å². The summed E-state index contributed by atoms with van der Waals surface area (Å²) < 4.78 is 0. The zero-order chi connectivity index (χ0) is 30.9. The number of carbonyl (C=O) groups excluding carboxylic acids is 3. The number of nitrogens with zero attached hydrogens (tertiary/aromatic N) is 2. The van der Waals surface area contributed by atoms with Crippen LogP contribution in [0.25, 0.3) is 17.0 Å². The number of aliphatic hydroxyl groups is 3. The number of likely N-dealkylation sites (N-methyl/N-ethyl adjacent to an activating group) is 1. The standard InChI is InChI=1S/C31H30N4O7S/c1-12-14-9-10-15(33-31-34-16(11-43-31)13-7-5-4-6-8-13)24(36)18(14)26(38)20-17(12)25(37)19-21(27(20)39)28(40)22(30(32)42)29(41)23(19)35(2)3/h4-12,17,19,21,23,25,36-38,41H,1-3H3,(H2,32,42)(H,33,34)/t12-,17?,19?,21?,23-,25?/m0/s1. The van der Waals surface area contributed by atoms with Gasteiger partial charge in [0.25, 0.3) is 5.91 Å². The zero-order valence-electron chi connectivity index (χ0n) is 23.5. The molecule has 3 aliphatic rings. The average Bonchev–Trinajstić information content (AvgIpc) is 3.43. The van der Waals surface area contributed by atoms with Crippen LogP contribution in [0.1, 0.15) is 24.0 Å². The number of aromatic nitrogens is 1. The third-order valence-corrected chi connectivity index (χ3v) is 9.57. The molecule has 1 fully saturated rings. The Kier molecular flexibility index (Phi) is 6.87. The number of carbonyl (C=O) groups is 3. The summed E-state index contributed by atoms with van der Waals surface area (Å²) in [5.41, 5.74) is 6.90. The van der Waals surface area contributed by atoms with E-state index in [1.54, 1.807) is 33.2 Å². The molecule has 0 aliphatic heterocycles. The number of thiazole rings is 1. The molecule has 222 valence electrons. The molecular weight excluding hydrogens is 572 g/mol. The summed E-state index contributed by atoms with van der Waals surface area (Å²) in [5.74, 6) is -8.68. The number of aromatic hydroxyl groups is 1. The van der Waals surface area contributed by atoms with Crippen molar-refractivity contribution in [3.05, 3.63) is 75.9 Å². The number of primary amides is 1. The van der Waals surface area contributed by atoms with Gasteiger partial charge in [-0.05, 0) is 31.6 Å². The summed E-state index contributed by atoms with van der Waals surface area (Å²) in [6, 6.07) is 11.9. The van der Waals surface area contributed by atoms with E-state index in [0.717, 1.165) is 11.3 Å². The molecule has 6 atom stereocenters. The molecule has 4 unspecified atom stereocenters. The Labute approximate surface area is 250 Å². The van der Waals surface area contributed by atoms with Gasteiger partial charge in [0.05, 0.1) is 35.0 Å². The first kappa shape index (κ1) is 28.6. The number of Topliss-reactive ketones (excluding diaryl/α,β-unsaturated/α-hetero) is 2. The second-order valence-corrected chi connectivity index (χ2v) is 12.2. The highest BCUT2D eigenvalue weighted by Gasteiger charge is 2.60. The van der Waals surface area contributed by atoms with E-state index in [4.69, 9.17) is 5.73 Å². The Bertz CT molecular complexity index is 1750. The number of rotatable bonds is 5. The molecule has 1 saturated carbocycles. The smallest absolute Gasteiger partial charge is 0.255 e. The Morgan fingerprint density at radius 3 is 2.40 bits per heavy atom. The summed E-state index contributed by atoms with van der Waals surface area (Å²) >= 11 is 1.32. The van der Waals surface area contributed by atoms with Crippen molar-refractivity contribution in [3.63, 3.8) is 0 Å². The molecule has 0 spiro atoms. The van der Waals surface area contributed by atoms with E-state index in [0.29, 0.717) is 10.7 Å². The van der Waals surface area contributed by atoms with Gasteiger partial charge >= 0.3 is 0 Å². The van der Waals surface area contributed by atoms with E-state index in [9.17, 15) is 34.8 Å². The predicted octanol–water partition coefficient (Wildman–Crippen LogP) is 3.25. The number of phenolic OH excluding ortho intramolecular Hbond substituents is 1. The monoisotopic (exact) mass is 602 g/mol. The fourth-order valence-corrected chi connectivity index (χ4v) is 7.63. The lowest BCUT2D eigenvalue weighted by Crippen LogP contribution is -2.61. The van der Waals surface area contributed by atoms with Crippen molar-refractivity contribution in [1.29, 1.82) is 0 Å². The van der Waals surface area contributed by atoms with E-state index in [2.05, 4.69) is 10.3 Å². The lowest BCUT2D eigenvalue weighted by molar-refractivity contribution is -0.143. The van der Waals surface area contributed by atoms with Gasteiger partial charge in [-0.2, -0.15) is 0 Å². The van der Waals surface area contributed by atoms with Crippen molar-refractivity contribution in [3.8, 4) is 17.0 Å². The number of nitrogens with one attached hydrogen (secondary N) is 1. The number of amides is 1. The number of hydrogen-bond donors (Lipinski definition) is 6. The number of benzene rings is 2. The molecule has 0 bridgehead atoms. The first-order valence-corrected chi connectivity index (χ1v) is 14.5. The van der Waals surface area contributed by atoms with Crippen molar-refractivity contribution >= 4 is 45.4 Å². The summed E-state index contributed by atoms with van der Waals surface area (Å²) in [7, 11) is 3.17. The van der Waals surface area contributed by atoms with E-state index in [-0.39, 0.29) is 22.6 Å².